The summed E-state index contributed by atoms with van der Waals surface area (Å²) in [6, 6.07) is 2.08. The number of hydrogen-bond acceptors (Lipinski definition) is 6. The maximum absolute atomic E-state index is 4.69. The Balaban J connectivity index is 1.83. The number of fused-ring (bicyclic) bond motifs is 1. The summed E-state index contributed by atoms with van der Waals surface area (Å²) in [5, 5.41) is 6.38. The number of thiophene rings is 1. The smallest absolute Gasteiger partial charge is 0.146 e. The molecule has 0 aliphatic carbocycles. The molecule has 0 spiro atoms. The van der Waals surface area contributed by atoms with Gasteiger partial charge in [-0.1, -0.05) is 0 Å². The van der Waals surface area contributed by atoms with E-state index in [4.69, 9.17) is 0 Å². The first-order valence-electron chi connectivity index (χ1n) is 6.59. The zero-order valence-corrected chi connectivity index (χ0v) is 12.7. The maximum atomic E-state index is 4.69. The molecule has 0 radical (unpaired) electrons. The molecule has 6 heteroatoms. The van der Waals surface area contributed by atoms with Crippen molar-refractivity contribution in [1.82, 2.24) is 14.9 Å². The number of aromatic nitrogens is 2. The number of hydrogen-bond donors (Lipinski definition) is 1. The third kappa shape index (κ3) is 3.01. The van der Waals surface area contributed by atoms with E-state index in [0.717, 1.165) is 41.5 Å². The first kappa shape index (κ1) is 13.1. The molecule has 1 saturated heterocycles. The summed E-state index contributed by atoms with van der Waals surface area (Å²) in [6.07, 6.45) is 1.27. The van der Waals surface area contributed by atoms with Gasteiger partial charge in [0.05, 0.1) is 11.9 Å². The van der Waals surface area contributed by atoms with Gasteiger partial charge in [0, 0.05) is 19.3 Å². The monoisotopic (exact) mass is 294 g/mol. The van der Waals surface area contributed by atoms with Crippen molar-refractivity contribution in [3.63, 3.8) is 0 Å². The minimum atomic E-state index is 0.864. The molecule has 4 nitrogen and oxygen atoms in total. The Hall–Kier alpha value is -0.850. The zero-order chi connectivity index (χ0) is 13.1. The van der Waals surface area contributed by atoms with Crippen LogP contribution in [-0.4, -0.2) is 46.5 Å². The van der Waals surface area contributed by atoms with Crippen LogP contribution in [0.5, 0.6) is 0 Å². The molecule has 0 atom stereocenters. The van der Waals surface area contributed by atoms with Gasteiger partial charge in [-0.05, 0) is 30.2 Å². The fourth-order valence-electron chi connectivity index (χ4n) is 2.32. The predicted octanol–water partition coefficient (Wildman–Crippen LogP) is 2.67. The number of nitrogens with one attached hydrogen (secondary N) is 1. The van der Waals surface area contributed by atoms with E-state index < -0.39 is 0 Å². The van der Waals surface area contributed by atoms with Gasteiger partial charge in [-0.3, -0.25) is 4.90 Å². The van der Waals surface area contributed by atoms with Crippen LogP contribution in [0.2, 0.25) is 0 Å². The SMILES string of the molecule is CNc1nc(CN2CCCSCC2)nc2sccc12. The topological polar surface area (TPSA) is 41.1 Å². The average molecular weight is 294 g/mol. The van der Waals surface area contributed by atoms with Gasteiger partial charge in [-0.25, -0.2) is 9.97 Å². The van der Waals surface area contributed by atoms with E-state index in [1.165, 1.54) is 17.9 Å². The van der Waals surface area contributed by atoms with E-state index in [0.29, 0.717) is 0 Å². The Labute approximate surface area is 121 Å². The van der Waals surface area contributed by atoms with Crippen molar-refractivity contribution in [2.75, 3.05) is 37.0 Å². The summed E-state index contributed by atoms with van der Waals surface area (Å²) >= 11 is 3.73. The molecule has 3 rings (SSSR count). The molecule has 1 fully saturated rings. The largest absolute Gasteiger partial charge is 0.372 e. The Morgan fingerprint density at radius 1 is 1.32 bits per heavy atom. The highest BCUT2D eigenvalue weighted by Crippen LogP contribution is 2.25. The van der Waals surface area contributed by atoms with Gasteiger partial charge in [0.15, 0.2) is 0 Å². The highest BCUT2D eigenvalue weighted by molar-refractivity contribution is 7.99. The lowest BCUT2D eigenvalue weighted by Crippen LogP contribution is -2.26. The molecular formula is C13H18N4S2. The summed E-state index contributed by atoms with van der Waals surface area (Å²) in [7, 11) is 1.92. The van der Waals surface area contributed by atoms with Crippen LogP contribution >= 0.6 is 23.1 Å². The normalized spacial score (nSPS) is 17.5. The number of anilines is 1. The van der Waals surface area contributed by atoms with E-state index in [-0.39, 0.29) is 0 Å². The highest BCUT2D eigenvalue weighted by Gasteiger charge is 2.13. The van der Waals surface area contributed by atoms with Crippen LogP contribution in [-0.2, 0) is 6.54 Å². The van der Waals surface area contributed by atoms with Crippen LogP contribution in [0.1, 0.15) is 12.2 Å². The van der Waals surface area contributed by atoms with Gasteiger partial charge in [0.2, 0.25) is 0 Å². The first-order chi connectivity index (χ1) is 9.36. The molecule has 0 amide bonds. The average Bonchev–Trinajstić information content (AvgIpc) is 2.75. The van der Waals surface area contributed by atoms with Crippen molar-refractivity contribution < 1.29 is 0 Å². The third-order valence-corrected chi connectivity index (χ3v) is 5.14. The standard InChI is InChI=1S/C13H18N4S2/c1-14-12-10-3-7-19-13(10)16-11(15-12)9-17-4-2-6-18-8-5-17/h3,7H,2,4-6,8-9H2,1H3,(H,14,15,16). The molecule has 1 aliphatic rings. The Morgan fingerprint density at radius 2 is 2.26 bits per heavy atom. The molecule has 0 saturated carbocycles. The second-order valence-corrected chi connectivity index (χ2v) is 6.74. The van der Waals surface area contributed by atoms with Gasteiger partial charge in [0.1, 0.15) is 16.5 Å². The van der Waals surface area contributed by atoms with Crippen molar-refractivity contribution in [2.24, 2.45) is 0 Å². The number of thioether (sulfide) groups is 1. The third-order valence-electron chi connectivity index (χ3n) is 3.29. The van der Waals surface area contributed by atoms with Gasteiger partial charge < -0.3 is 5.32 Å². The first-order valence-corrected chi connectivity index (χ1v) is 8.62. The van der Waals surface area contributed by atoms with E-state index in [2.05, 4.69) is 31.6 Å². The summed E-state index contributed by atoms with van der Waals surface area (Å²) < 4.78 is 0. The van der Waals surface area contributed by atoms with Crippen LogP contribution < -0.4 is 5.32 Å². The maximum Gasteiger partial charge on any atom is 0.146 e. The second kappa shape index (κ2) is 6.07. The van der Waals surface area contributed by atoms with Gasteiger partial charge in [0.25, 0.3) is 0 Å². The molecule has 3 heterocycles. The van der Waals surface area contributed by atoms with Crippen LogP contribution in [0.4, 0.5) is 5.82 Å². The summed E-state index contributed by atoms with van der Waals surface area (Å²) in [5.74, 6) is 4.39. The van der Waals surface area contributed by atoms with E-state index in [9.17, 15) is 0 Å². The quantitative estimate of drug-likeness (QED) is 0.942. The van der Waals surface area contributed by atoms with E-state index >= 15 is 0 Å². The van der Waals surface area contributed by atoms with Crippen LogP contribution in [0.15, 0.2) is 11.4 Å². The zero-order valence-electron chi connectivity index (χ0n) is 11.1. The fraction of sp³-hybridized carbons (Fsp3) is 0.538. The van der Waals surface area contributed by atoms with Crippen LogP contribution in [0, 0.1) is 0 Å². The van der Waals surface area contributed by atoms with E-state index in [1.54, 1.807) is 11.3 Å². The molecule has 19 heavy (non-hydrogen) atoms. The fourth-order valence-corrected chi connectivity index (χ4v) is 4.02. The Bertz CT molecular complexity index is 547. The summed E-state index contributed by atoms with van der Waals surface area (Å²) in [6.45, 7) is 3.17. The lowest BCUT2D eigenvalue weighted by molar-refractivity contribution is 0.281. The van der Waals surface area contributed by atoms with Gasteiger partial charge >= 0.3 is 0 Å². The second-order valence-electron chi connectivity index (χ2n) is 4.62. The molecule has 0 unspecified atom stereocenters. The molecule has 2 aromatic heterocycles. The summed E-state index contributed by atoms with van der Waals surface area (Å²) in [5.41, 5.74) is 0. The molecule has 1 aliphatic heterocycles. The molecular weight excluding hydrogens is 276 g/mol. The lowest BCUT2D eigenvalue weighted by atomic mass is 10.3. The van der Waals surface area contributed by atoms with Crippen molar-refractivity contribution in [3.8, 4) is 0 Å². The highest BCUT2D eigenvalue weighted by atomic mass is 32.2. The Kier molecular flexibility index (Phi) is 4.20. The molecule has 0 bridgehead atoms. The summed E-state index contributed by atoms with van der Waals surface area (Å²) in [4.78, 5) is 12.9. The molecule has 1 N–H and O–H groups in total. The van der Waals surface area contributed by atoms with Gasteiger partial charge in [-0.15, -0.1) is 11.3 Å². The number of nitrogens with zero attached hydrogens (tertiary/aromatic N) is 3. The van der Waals surface area contributed by atoms with Crippen LogP contribution in [0.25, 0.3) is 10.2 Å². The lowest BCUT2D eigenvalue weighted by Gasteiger charge is -2.18. The minimum Gasteiger partial charge on any atom is -0.372 e. The van der Waals surface area contributed by atoms with Crippen molar-refractivity contribution in [3.05, 3.63) is 17.3 Å². The van der Waals surface area contributed by atoms with Crippen molar-refractivity contribution in [1.29, 1.82) is 0 Å². The van der Waals surface area contributed by atoms with E-state index in [1.807, 2.05) is 18.8 Å². The minimum absolute atomic E-state index is 0.864. The van der Waals surface area contributed by atoms with Gasteiger partial charge in [-0.2, -0.15) is 11.8 Å². The predicted molar refractivity (Wildman–Crippen MR) is 84.2 cm³/mol. The molecule has 102 valence electrons. The van der Waals surface area contributed by atoms with Crippen LogP contribution in [0.3, 0.4) is 0 Å². The molecule has 0 aromatic carbocycles. The molecule has 2 aromatic rings. The van der Waals surface area contributed by atoms with Crippen molar-refractivity contribution in [2.45, 2.75) is 13.0 Å². The van der Waals surface area contributed by atoms with Crippen molar-refractivity contribution >= 4 is 39.1 Å². The Morgan fingerprint density at radius 3 is 3.16 bits per heavy atom. The number of rotatable bonds is 3.